The monoisotopic (exact) mass is 201 g/mol. The fraction of sp³-hybridized carbons (Fsp3) is 0.800. The molecule has 0 N–H and O–H groups in total. The Morgan fingerprint density at radius 1 is 1.29 bits per heavy atom. The van der Waals surface area contributed by atoms with E-state index in [0.29, 0.717) is 6.54 Å². The SMILES string of the molecule is CCCCCN(C)C(=O)CC(=O)OC. The van der Waals surface area contributed by atoms with E-state index in [2.05, 4.69) is 11.7 Å². The molecular weight excluding hydrogens is 182 g/mol. The molecule has 0 aliphatic carbocycles. The van der Waals surface area contributed by atoms with Gasteiger partial charge in [0, 0.05) is 13.6 Å². The fourth-order valence-electron chi connectivity index (χ4n) is 1.05. The first kappa shape index (κ1) is 12.9. The molecule has 0 aromatic carbocycles. The number of rotatable bonds is 6. The molecule has 0 aromatic heterocycles. The Kier molecular flexibility index (Phi) is 6.80. The van der Waals surface area contributed by atoms with Crippen molar-refractivity contribution in [1.29, 1.82) is 0 Å². The van der Waals surface area contributed by atoms with E-state index in [1.165, 1.54) is 7.11 Å². The van der Waals surface area contributed by atoms with Crippen LogP contribution in [0.4, 0.5) is 0 Å². The normalized spacial score (nSPS) is 9.64. The number of carbonyl (C=O) groups excluding carboxylic acids is 2. The molecule has 0 bridgehead atoms. The summed E-state index contributed by atoms with van der Waals surface area (Å²) in [5.41, 5.74) is 0. The maximum absolute atomic E-state index is 11.3. The van der Waals surface area contributed by atoms with Crippen LogP contribution in [0.1, 0.15) is 32.6 Å². The third-order valence-electron chi connectivity index (χ3n) is 2.05. The minimum absolute atomic E-state index is 0.154. The van der Waals surface area contributed by atoms with Gasteiger partial charge in [-0.3, -0.25) is 9.59 Å². The number of ether oxygens (including phenoxy) is 1. The Morgan fingerprint density at radius 3 is 2.43 bits per heavy atom. The van der Waals surface area contributed by atoms with Crippen LogP contribution in [0.15, 0.2) is 0 Å². The summed E-state index contributed by atoms with van der Waals surface area (Å²) in [5, 5.41) is 0. The van der Waals surface area contributed by atoms with E-state index < -0.39 is 5.97 Å². The van der Waals surface area contributed by atoms with E-state index in [4.69, 9.17) is 0 Å². The molecule has 82 valence electrons. The molecule has 0 aromatic rings. The number of methoxy groups -OCH3 is 1. The van der Waals surface area contributed by atoms with Gasteiger partial charge in [-0.25, -0.2) is 0 Å². The van der Waals surface area contributed by atoms with Gasteiger partial charge in [0.05, 0.1) is 7.11 Å². The number of unbranched alkanes of at least 4 members (excludes halogenated alkanes) is 2. The second-order valence-electron chi connectivity index (χ2n) is 3.28. The highest BCUT2D eigenvalue weighted by molar-refractivity contribution is 5.94. The van der Waals surface area contributed by atoms with Crippen LogP contribution in [0.5, 0.6) is 0 Å². The number of hydrogen-bond donors (Lipinski definition) is 0. The maximum Gasteiger partial charge on any atom is 0.315 e. The van der Waals surface area contributed by atoms with Gasteiger partial charge in [0.25, 0.3) is 0 Å². The highest BCUT2D eigenvalue weighted by Crippen LogP contribution is 1.99. The first-order valence-corrected chi connectivity index (χ1v) is 4.92. The van der Waals surface area contributed by atoms with Crippen molar-refractivity contribution in [3.63, 3.8) is 0 Å². The van der Waals surface area contributed by atoms with Crippen molar-refractivity contribution in [3.05, 3.63) is 0 Å². The lowest BCUT2D eigenvalue weighted by atomic mass is 10.2. The minimum atomic E-state index is -0.475. The van der Waals surface area contributed by atoms with Crippen molar-refractivity contribution >= 4 is 11.9 Å². The molecule has 0 rings (SSSR count). The molecule has 0 saturated carbocycles. The van der Waals surface area contributed by atoms with Crippen LogP contribution >= 0.6 is 0 Å². The van der Waals surface area contributed by atoms with Crippen molar-refractivity contribution in [2.24, 2.45) is 0 Å². The summed E-state index contributed by atoms with van der Waals surface area (Å²) in [6.45, 7) is 2.82. The molecule has 0 radical (unpaired) electrons. The average Bonchev–Trinajstić information content (AvgIpc) is 2.17. The predicted octanol–water partition coefficient (Wildman–Crippen LogP) is 1.20. The lowest BCUT2D eigenvalue weighted by Gasteiger charge is -2.15. The molecule has 0 atom stereocenters. The topological polar surface area (TPSA) is 46.6 Å². The third kappa shape index (κ3) is 5.56. The lowest BCUT2D eigenvalue weighted by Crippen LogP contribution is -2.29. The first-order chi connectivity index (χ1) is 6.61. The molecule has 0 aliphatic rings. The molecule has 0 saturated heterocycles. The van der Waals surface area contributed by atoms with Gasteiger partial charge in [-0.1, -0.05) is 19.8 Å². The van der Waals surface area contributed by atoms with Crippen LogP contribution < -0.4 is 0 Å². The highest BCUT2D eigenvalue weighted by atomic mass is 16.5. The maximum atomic E-state index is 11.3. The van der Waals surface area contributed by atoms with E-state index in [9.17, 15) is 9.59 Å². The quantitative estimate of drug-likeness (QED) is 0.368. The summed E-state index contributed by atoms with van der Waals surface area (Å²) in [6, 6.07) is 0. The Hall–Kier alpha value is -1.06. The van der Waals surface area contributed by atoms with Crippen molar-refractivity contribution < 1.29 is 14.3 Å². The van der Waals surface area contributed by atoms with Crippen LogP contribution in [0.3, 0.4) is 0 Å². The van der Waals surface area contributed by atoms with Gasteiger partial charge in [-0.05, 0) is 6.42 Å². The van der Waals surface area contributed by atoms with Crippen LogP contribution in [0, 0.1) is 0 Å². The van der Waals surface area contributed by atoms with Crippen molar-refractivity contribution in [2.45, 2.75) is 32.6 Å². The molecule has 0 heterocycles. The summed E-state index contributed by atoms with van der Waals surface area (Å²) in [7, 11) is 2.99. The average molecular weight is 201 g/mol. The molecule has 4 nitrogen and oxygen atoms in total. The molecule has 0 fully saturated rings. The number of carbonyl (C=O) groups is 2. The second kappa shape index (κ2) is 7.35. The Morgan fingerprint density at radius 2 is 1.93 bits per heavy atom. The fourth-order valence-corrected chi connectivity index (χ4v) is 1.05. The first-order valence-electron chi connectivity index (χ1n) is 4.92. The van der Waals surface area contributed by atoms with E-state index in [1.54, 1.807) is 11.9 Å². The molecule has 14 heavy (non-hydrogen) atoms. The molecule has 4 heteroatoms. The molecule has 0 aliphatic heterocycles. The summed E-state index contributed by atoms with van der Waals surface area (Å²) < 4.78 is 4.41. The van der Waals surface area contributed by atoms with Gasteiger partial charge >= 0.3 is 5.97 Å². The Labute approximate surface area is 85.2 Å². The van der Waals surface area contributed by atoms with Gasteiger partial charge in [0.1, 0.15) is 6.42 Å². The zero-order valence-corrected chi connectivity index (χ0v) is 9.21. The minimum Gasteiger partial charge on any atom is -0.469 e. The van der Waals surface area contributed by atoms with Gasteiger partial charge in [0.2, 0.25) is 5.91 Å². The summed E-state index contributed by atoms with van der Waals surface area (Å²) >= 11 is 0. The van der Waals surface area contributed by atoms with Crippen LogP contribution in [-0.2, 0) is 14.3 Å². The van der Waals surface area contributed by atoms with E-state index in [-0.39, 0.29) is 12.3 Å². The number of hydrogen-bond acceptors (Lipinski definition) is 3. The predicted molar refractivity (Wildman–Crippen MR) is 53.8 cm³/mol. The molecule has 1 amide bonds. The zero-order chi connectivity index (χ0) is 11.0. The van der Waals surface area contributed by atoms with Crippen molar-refractivity contribution in [3.8, 4) is 0 Å². The standard InChI is InChI=1S/C10H19NO3/c1-4-5-6-7-11(2)9(12)8-10(13)14-3/h4-8H2,1-3H3. The van der Waals surface area contributed by atoms with E-state index >= 15 is 0 Å². The van der Waals surface area contributed by atoms with Gasteiger partial charge in [0.15, 0.2) is 0 Å². The van der Waals surface area contributed by atoms with Crippen LogP contribution in [-0.4, -0.2) is 37.5 Å². The Bertz CT molecular complexity index is 192. The summed E-state index contributed by atoms with van der Waals surface area (Å²) in [5.74, 6) is -0.648. The second-order valence-corrected chi connectivity index (χ2v) is 3.28. The van der Waals surface area contributed by atoms with Gasteiger partial charge in [-0.2, -0.15) is 0 Å². The van der Waals surface area contributed by atoms with Crippen LogP contribution in [0.25, 0.3) is 0 Å². The number of nitrogens with zero attached hydrogens (tertiary/aromatic N) is 1. The molecular formula is C10H19NO3. The number of amides is 1. The summed E-state index contributed by atoms with van der Waals surface area (Å²) in [4.78, 5) is 23.7. The lowest BCUT2D eigenvalue weighted by molar-refractivity contribution is -0.146. The van der Waals surface area contributed by atoms with Crippen LogP contribution in [0.2, 0.25) is 0 Å². The van der Waals surface area contributed by atoms with E-state index in [1.807, 2.05) is 0 Å². The summed E-state index contributed by atoms with van der Waals surface area (Å²) in [6.07, 6.45) is 3.06. The van der Waals surface area contributed by atoms with Gasteiger partial charge < -0.3 is 9.64 Å². The van der Waals surface area contributed by atoms with Gasteiger partial charge in [-0.15, -0.1) is 0 Å². The Balaban J connectivity index is 3.70. The van der Waals surface area contributed by atoms with Crippen molar-refractivity contribution in [2.75, 3.05) is 20.7 Å². The smallest absolute Gasteiger partial charge is 0.315 e. The van der Waals surface area contributed by atoms with Crippen molar-refractivity contribution in [1.82, 2.24) is 4.90 Å². The molecule has 0 spiro atoms. The van der Waals surface area contributed by atoms with E-state index in [0.717, 1.165) is 19.3 Å². The third-order valence-corrected chi connectivity index (χ3v) is 2.05. The number of esters is 1. The molecule has 0 unspecified atom stereocenters. The zero-order valence-electron chi connectivity index (χ0n) is 9.21. The largest absolute Gasteiger partial charge is 0.469 e. The highest BCUT2D eigenvalue weighted by Gasteiger charge is 2.13.